The number of pyridine rings is 1. The number of H-pyrrole nitrogens is 1. The molecule has 1 atom stereocenters. The summed E-state index contributed by atoms with van der Waals surface area (Å²) in [6, 6.07) is 3.92. The van der Waals surface area contributed by atoms with Crippen LogP contribution in [0.5, 0.6) is 0 Å². The molecule has 7 heteroatoms. The Bertz CT molecular complexity index is 983. The summed E-state index contributed by atoms with van der Waals surface area (Å²) in [4.78, 5) is 42.3. The number of carbonyl (C=O) groups is 1. The van der Waals surface area contributed by atoms with E-state index < -0.39 is 0 Å². The van der Waals surface area contributed by atoms with E-state index in [2.05, 4.69) is 20.9 Å². The zero-order chi connectivity index (χ0) is 21.2. The molecule has 3 aliphatic rings. The van der Waals surface area contributed by atoms with Crippen molar-refractivity contribution in [3.05, 3.63) is 57.5 Å². The predicted molar refractivity (Wildman–Crippen MR) is 117 cm³/mol. The first-order valence-corrected chi connectivity index (χ1v) is 11.7. The molecule has 7 nitrogen and oxygen atoms in total. The van der Waals surface area contributed by atoms with Crippen LogP contribution in [-0.4, -0.2) is 43.7 Å². The van der Waals surface area contributed by atoms with E-state index in [4.69, 9.17) is 4.98 Å². The molecule has 5 rings (SSSR count). The third kappa shape index (κ3) is 4.42. The first-order chi connectivity index (χ1) is 15.2. The Balaban J connectivity index is 1.30. The largest absolute Gasteiger partial charge is 0.333 e. The van der Waals surface area contributed by atoms with Crippen molar-refractivity contribution in [1.29, 1.82) is 0 Å². The molecule has 0 radical (unpaired) electrons. The molecule has 2 fully saturated rings. The van der Waals surface area contributed by atoms with Crippen LogP contribution in [0, 0.1) is 5.92 Å². The molecule has 0 bridgehead atoms. The van der Waals surface area contributed by atoms with Crippen molar-refractivity contribution >= 4 is 5.91 Å². The van der Waals surface area contributed by atoms with Gasteiger partial charge in [-0.25, -0.2) is 4.98 Å². The van der Waals surface area contributed by atoms with E-state index >= 15 is 0 Å². The second-order valence-electron chi connectivity index (χ2n) is 9.30. The number of likely N-dealkylation sites (tertiary alicyclic amines) is 1. The van der Waals surface area contributed by atoms with Crippen molar-refractivity contribution in [2.75, 3.05) is 13.1 Å². The highest BCUT2D eigenvalue weighted by Crippen LogP contribution is 2.34. The lowest BCUT2D eigenvalue weighted by atomic mass is 10.0. The van der Waals surface area contributed by atoms with Gasteiger partial charge in [0, 0.05) is 51.4 Å². The molecule has 1 saturated carbocycles. The van der Waals surface area contributed by atoms with Crippen LogP contribution in [0.15, 0.2) is 29.3 Å². The number of amides is 1. The molecule has 1 unspecified atom stereocenters. The lowest BCUT2D eigenvalue weighted by Crippen LogP contribution is -2.38. The van der Waals surface area contributed by atoms with E-state index in [1.165, 1.54) is 25.7 Å². The van der Waals surface area contributed by atoms with Crippen LogP contribution in [0.4, 0.5) is 0 Å². The van der Waals surface area contributed by atoms with Gasteiger partial charge in [-0.15, -0.1) is 0 Å². The van der Waals surface area contributed by atoms with Gasteiger partial charge in [-0.3, -0.25) is 19.5 Å². The minimum atomic E-state index is -0.0830. The normalized spacial score (nSPS) is 22.1. The molecule has 0 aromatic carbocycles. The molecule has 4 heterocycles. The van der Waals surface area contributed by atoms with Gasteiger partial charge < -0.3 is 9.88 Å². The molecule has 2 aromatic heterocycles. The number of aromatic nitrogens is 3. The van der Waals surface area contributed by atoms with E-state index in [0.717, 1.165) is 55.7 Å². The molecule has 1 amide bonds. The fourth-order valence-electron chi connectivity index (χ4n) is 5.47. The molecule has 0 spiro atoms. The van der Waals surface area contributed by atoms with Crippen LogP contribution in [0.2, 0.25) is 0 Å². The summed E-state index contributed by atoms with van der Waals surface area (Å²) >= 11 is 0. The highest BCUT2D eigenvalue weighted by molar-refractivity contribution is 5.77. The standard InChI is InChI=1S/C24H31N5O2/c30-22(13-17-5-1-2-6-17)29-11-4-8-21(29)23-26-20-9-12-28(16-19(20)24(31)27-23)15-18-7-3-10-25-14-18/h3,7,10,14,17,21H,1-2,4-6,8-9,11-13,15-16H2,(H,26,27,31). The van der Waals surface area contributed by atoms with Gasteiger partial charge >= 0.3 is 0 Å². The number of rotatable bonds is 5. The van der Waals surface area contributed by atoms with Gasteiger partial charge in [0.1, 0.15) is 5.82 Å². The molecule has 31 heavy (non-hydrogen) atoms. The summed E-state index contributed by atoms with van der Waals surface area (Å²) in [6.45, 7) is 3.02. The van der Waals surface area contributed by atoms with E-state index in [1.54, 1.807) is 6.20 Å². The Hall–Kier alpha value is -2.54. The molecular weight excluding hydrogens is 390 g/mol. The predicted octanol–water partition coefficient (Wildman–Crippen LogP) is 2.97. The molecule has 1 saturated heterocycles. The third-order valence-corrected chi connectivity index (χ3v) is 7.12. The number of fused-ring (bicyclic) bond motifs is 1. The second kappa shape index (κ2) is 8.91. The van der Waals surface area contributed by atoms with Crippen molar-refractivity contribution in [2.24, 2.45) is 5.92 Å². The fourth-order valence-corrected chi connectivity index (χ4v) is 5.47. The van der Waals surface area contributed by atoms with Crippen LogP contribution in [-0.2, 0) is 24.3 Å². The fraction of sp³-hybridized carbons (Fsp3) is 0.583. The van der Waals surface area contributed by atoms with Crippen molar-refractivity contribution in [3.8, 4) is 0 Å². The highest BCUT2D eigenvalue weighted by atomic mass is 16.2. The van der Waals surface area contributed by atoms with Gasteiger partial charge in [-0.05, 0) is 43.2 Å². The number of nitrogens with zero attached hydrogens (tertiary/aromatic N) is 4. The maximum absolute atomic E-state index is 13.0. The molecule has 2 aromatic rings. The van der Waals surface area contributed by atoms with Crippen molar-refractivity contribution in [3.63, 3.8) is 0 Å². The topological polar surface area (TPSA) is 82.2 Å². The van der Waals surface area contributed by atoms with Crippen LogP contribution < -0.4 is 5.56 Å². The van der Waals surface area contributed by atoms with Gasteiger partial charge in [0.05, 0.1) is 17.3 Å². The SMILES string of the molecule is O=C(CC1CCCC1)N1CCCC1c1nc2c(c(=O)[nH]1)CN(Cc1cccnc1)CC2. The van der Waals surface area contributed by atoms with Gasteiger partial charge in [0.25, 0.3) is 5.56 Å². The maximum atomic E-state index is 13.0. The Kier molecular flexibility index (Phi) is 5.85. The van der Waals surface area contributed by atoms with Crippen molar-refractivity contribution < 1.29 is 4.79 Å². The Morgan fingerprint density at radius 2 is 2.03 bits per heavy atom. The van der Waals surface area contributed by atoms with Crippen LogP contribution in [0.1, 0.15) is 73.6 Å². The molecule has 2 aliphatic heterocycles. The highest BCUT2D eigenvalue weighted by Gasteiger charge is 2.34. The minimum Gasteiger partial charge on any atom is -0.333 e. The zero-order valence-corrected chi connectivity index (χ0v) is 18.1. The van der Waals surface area contributed by atoms with Gasteiger partial charge in [0.2, 0.25) is 5.91 Å². The monoisotopic (exact) mass is 421 g/mol. The molecule has 164 valence electrons. The van der Waals surface area contributed by atoms with Crippen LogP contribution in [0.3, 0.4) is 0 Å². The number of nitrogens with one attached hydrogen (secondary N) is 1. The zero-order valence-electron chi connectivity index (χ0n) is 18.1. The van der Waals surface area contributed by atoms with E-state index in [9.17, 15) is 9.59 Å². The summed E-state index contributed by atoms with van der Waals surface area (Å²) in [7, 11) is 0. The first-order valence-electron chi connectivity index (χ1n) is 11.7. The lowest BCUT2D eigenvalue weighted by Gasteiger charge is -2.29. The number of carbonyl (C=O) groups excluding carboxylic acids is 1. The average molecular weight is 422 g/mol. The first kappa shape index (κ1) is 20.4. The van der Waals surface area contributed by atoms with Gasteiger partial charge in [0.15, 0.2) is 0 Å². The number of hydrogen-bond donors (Lipinski definition) is 1. The molecular formula is C24H31N5O2. The van der Waals surface area contributed by atoms with Gasteiger partial charge in [-0.1, -0.05) is 18.9 Å². The number of aromatic amines is 1. The quantitative estimate of drug-likeness (QED) is 0.803. The van der Waals surface area contributed by atoms with Crippen molar-refractivity contribution in [2.45, 2.75) is 70.5 Å². The van der Waals surface area contributed by atoms with Crippen LogP contribution in [0.25, 0.3) is 0 Å². The Morgan fingerprint density at radius 3 is 2.84 bits per heavy atom. The summed E-state index contributed by atoms with van der Waals surface area (Å²) in [5, 5.41) is 0. The van der Waals surface area contributed by atoms with Crippen molar-refractivity contribution in [1.82, 2.24) is 24.8 Å². The maximum Gasteiger partial charge on any atom is 0.255 e. The summed E-state index contributed by atoms with van der Waals surface area (Å²) < 4.78 is 0. The van der Waals surface area contributed by atoms with Crippen LogP contribution >= 0.6 is 0 Å². The van der Waals surface area contributed by atoms with Gasteiger partial charge in [-0.2, -0.15) is 0 Å². The lowest BCUT2D eigenvalue weighted by molar-refractivity contribution is -0.133. The third-order valence-electron chi connectivity index (χ3n) is 7.12. The number of hydrogen-bond acceptors (Lipinski definition) is 5. The van der Waals surface area contributed by atoms with E-state index in [-0.39, 0.29) is 17.5 Å². The smallest absolute Gasteiger partial charge is 0.255 e. The Labute approximate surface area is 182 Å². The Morgan fingerprint density at radius 1 is 1.16 bits per heavy atom. The summed E-state index contributed by atoms with van der Waals surface area (Å²) in [6.07, 6.45) is 11.8. The molecule has 1 N–H and O–H groups in total. The summed E-state index contributed by atoms with van der Waals surface area (Å²) in [5.41, 5.74) is 2.76. The minimum absolute atomic E-state index is 0.0500. The average Bonchev–Trinajstić information content (AvgIpc) is 3.47. The second-order valence-corrected chi connectivity index (χ2v) is 9.30. The summed E-state index contributed by atoms with van der Waals surface area (Å²) in [5.74, 6) is 1.45. The van der Waals surface area contributed by atoms with E-state index in [1.807, 2.05) is 17.2 Å². The molecule has 1 aliphatic carbocycles. The van der Waals surface area contributed by atoms with E-state index in [0.29, 0.717) is 24.7 Å².